The van der Waals surface area contributed by atoms with E-state index < -0.39 is 11.6 Å². The van der Waals surface area contributed by atoms with E-state index in [1.807, 2.05) is 32.2 Å². The van der Waals surface area contributed by atoms with Gasteiger partial charge in [0.2, 0.25) is 0 Å². The molecule has 0 radical (unpaired) electrons. The molecular weight excluding hydrogens is 512 g/mol. The molecule has 0 atom stereocenters. The smallest absolute Gasteiger partial charge is 0.137 e. The van der Waals surface area contributed by atoms with Crippen LogP contribution >= 0.6 is 0 Å². The van der Waals surface area contributed by atoms with E-state index >= 15 is 4.39 Å². The lowest BCUT2D eigenvalue weighted by molar-refractivity contribution is 0.0545. The average Bonchev–Trinajstić information content (AvgIpc) is 3.26. The number of ether oxygens (including phenoxy) is 2. The highest BCUT2D eigenvalue weighted by molar-refractivity contribution is 6.00. The number of halogens is 2. The number of morpholine rings is 1. The van der Waals surface area contributed by atoms with Gasteiger partial charge < -0.3 is 19.3 Å². The van der Waals surface area contributed by atoms with Crippen LogP contribution in [0.5, 0.6) is 0 Å². The first-order valence-electron chi connectivity index (χ1n) is 13.8. The monoisotopic (exact) mass is 543 g/mol. The highest BCUT2D eigenvalue weighted by Gasteiger charge is 2.47. The number of hydrogen-bond donors (Lipinski definition) is 0. The van der Waals surface area contributed by atoms with E-state index in [-0.39, 0.29) is 10.9 Å². The minimum atomic E-state index is -0.650. The molecule has 3 aliphatic heterocycles. The van der Waals surface area contributed by atoms with Gasteiger partial charge in [-0.3, -0.25) is 9.97 Å². The van der Waals surface area contributed by atoms with Gasteiger partial charge in [0.25, 0.3) is 0 Å². The lowest BCUT2D eigenvalue weighted by atomic mass is 9.78. The molecule has 0 amide bonds. The molecule has 9 heteroatoms. The van der Waals surface area contributed by atoms with Gasteiger partial charge in [-0.1, -0.05) is 0 Å². The summed E-state index contributed by atoms with van der Waals surface area (Å²) in [6.45, 7) is 8.75. The van der Waals surface area contributed by atoms with Crippen LogP contribution in [0, 0.1) is 25.5 Å². The zero-order valence-corrected chi connectivity index (χ0v) is 22.7. The van der Waals surface area contributed by atoms with Crippen LogP contribution < -0.4 is 9.80 Å². The van der Waals surface area contributed by atoms with Crippen molar-refractivity contribution in [2.75, 3.05) is 55.9 Å². The summed E-state index contributed by atoms with van der Waals surface area (Å²) < 4.78 is 41.6. The number of rotatable bonds is 3. The standard InChI is InChI=1S/C31H31F2N5O2/c1-19-13-21(3-6-34-19)28-20(2)29(27-24(33)14-22(32)15-25(27)36-28)38-18-31(4-9-39-10-5-31)30-26(38)16-23(17-35-30)37-7-11-40-12-8-37/h3,6,13-17H,4-5,7-12,18H2,1-2H3. The van der Waals surface area contributed by atoms with Crippen molar-refractivity contribution < 1.29 is 18.3 Å². The third kappa shape index (κ3) is 4.10. The number of fused-ring (bicyclic) bond motifs is 3. The summed E-state index contributed by atoms with van der Waals surface area (Å²) in [7, 11) is 0. The maximum Gasteiger partial charge on any atom is 0.137 e. The van der Waals surface area contributed by atoms with Gasteiger partial charge in [0.05, 0.1) is 58.8 Å². The van der Waals surface area contributed by atoms with Crippen molar-refractivity contribution in [2.24, 2.45) is 0 Å². The Morgan fingerprint density at radius 1 is 0.925 bits per heavy atom. The van der Waals surface area contributed by atoms with Gasteiger partial charge in [-0.25, -0.2) is 13.8 Å². The molecule has 3 aliphatic rings. The van der Waals surface area contributed by atoms with Crippen LogP contribution in [-0.4, -0.2) is 61.0 Å². The average molecular weight is 544 g/mol. The number of aryl methyl sites for hydroxylation is 1. The molecule has 6 heterocycles. The first-order chi connectivity index (χ1) is 19.4. The van der Waals surface area contributed by atoms with Gasteiger partial charge in [-0.05, 0) is 50.5 Å². The van der Waals surface area contributed by atoms with Gasteiger partial charge in [0, 0.05) is 67.8 Å². The predicted molar refractivity (Wildman–Crippen MR) is 150 cm³/mol. The molecule has 2 fully saturated rings. The van der Waals surface area contributed by atoms with Crippen LogP contribution in [0.1, 0.15) is 29.8 Å². The van der Waals surface area contributed by atoms with Crippen LogP contribution in [0.4, 0.5) is 25.8 Å². The largest absolute Gasteiger partial charge is 0.381 e. The molecule has 40 heavy (non-hydrogen) atoms. The van der Waals surface area contributed by atoms with Gasteiger partial charge >= 0.3 is 0 Å². The van der Waals surface area contributed by atoms with Crippen molar-refractivity contribution in [3.8, 4) is 11.3 Å². The summed E-state index contributed by atoms with van der Waals surface area (Å²) in [4.78, 5) is 18.7. The summed E-state index contributed by atoms with van der Waals surface area (Å²) in [6, 6.07) is 8.30. The third-order valence-electron chi connectivity index (χ3n) is 8.59. The van der Waals surface area contributed by atoms with Gasteiger partial charge in [0.1, 0.15) is 11.6 Å². The summed E-state index contributed by atoms with van der Waals surface area (Å²) in [5.74, 6) is -1.27. The Kier molecular flexibility index (Phi) is 6.16. The van der Waals surface area contributed by atoms with E-state index in [1.54, 1.807) is 6.20 Å². The Morgan fingerprint density at radius 3 is 2.48 bits per heavy atom. The van der Waals surface area contributed by atoms with Crippen molar-refractivity contribution in [1.29, 1.82) is 0 Å². The maximum absolute atomic E-state index is 15.7. The second-order valence-corrected chi connectivity index (χ2v) is 11.0. The number of anilines is 3. The Balaban J connectivity index is 1.48. The van der Waals surface area contributed by atoms with Crippen LogP contribution in [0.15, 0.2) is 42.7 Å². The molecule has 1 aromatic carbocycles. The second-order valence-electron chi connectivity index (χ2n) is 11.0. The number of pyridine rings is 3. The highest BCUT2D eigenvalue weighted by Crippen LogP contribution is 2.52. The molecule has 0 bridgehead atoms. The van der Waals surface area contributed by atoms with Crippen LogP contribution in [0.3, 0.4) is 0 Å². The number of benzene rings is 1. The zero-order valence-electron chi connectivity index (χ0n) is 22.7. The van der Waals surface area contributed by atoms with Crippen LogP contribution in [0.2, 0.25) is 0 Å². The molecule has 206 valence electrons. The summed E-state index contributed by atoms with van der Waals surface area (Å²) in [6.07, 6.45) is 5.36. The number of nitrogens with zero attached hydrogens (tertiary/aromatic N) is 5. The predicted octanol–water partition coefficient (Wildman–Crippen LogP) is 5.62. The zero-order chi connectivity index (χ0) is 27.4. The summed E-state index contributed by atoms with van der Waals surface area (Å²) in [5, 5.41) is 0.320. The van der Waals surface area contributed by atoms with Crippen LogP contribution in [-0.2, 0) is 14.9 Å². The van der Waals surface area contributed by atoms with E-state index in [0.29, 0.717) is 49.7 Å². The van der Waals surface area contributed by atoms with Gasteiger partial charge in [-0.2, -0.15) is 0 Å². The summed E-state index contributed by atoms with van der Waals surface area (Å²) >= 11 is 0. The Morgan fingerprint density at radius 2 is 1.70 bits per heavy atom. The van der Waals surface area contributed by atoms with Crippen molar-refractivity contribution in [3.63, 3.8) is 0 Å². The van der Waals surface area contributed by atoms with E-state index in [9.17, 15) is 4.39 Å². The Bertz CT molecular complexity index is 1620. The molecule has 0 saturated carbocycles. The van der Waals surface area contributed by atoms with E-state index in [2.05, 4.69) is 20.9 Å². The molecule has 0 N–H and O–H groups in total. The van der Waals surface area contributed by atoms with Crippen molar-refractivity contribution in [2.45, 2.75) is 32.1 Å². The van der Waals surface area contributed by atoms with Gasteiger partial charge in [-0.15, -0.1) is 0 Å². The number of hydrogen-bond acceptors (Lipinski definition) is 7. The minimum Gasteiger partial charge on any atom is -0.381 e. The fourth-order valence-corrected chi connectivity index (χ4v) is 6.57. The van der Waals surface area contributed by atoms with E-state index in [0.717, 1.165) is 65.9 Å². The fourth-order valence-electron chi connectivity index (χ4n) is 6.57. The Labute approximate surface area is 231 Å². The molecule has 1 spiro atoms. The molecular formula is C31H31F2N5O2. The van der Waals surface area contributed by atoms with Crippen LogP contribution in [0.25, 0.3) is 22.2 Å². The molecule has 2 saturated heterocycles. The molecule has 3 aromatic heterocycles. The fraction of sp³-hybridized carbons (Fsp3) is 0.387. The van der Waals surface area contributed by atoms with Crippen molar-refractivity contribution in [1.82, 2.24) is 15.0 Å². The Hall–Kier alpha value is -3.69. The van der Waals surface area contributed by atoms with E-state index in [4.69, 9.17) is 19.4 Å². The first-order valence-corrected chi connectivity index (χ1v) is 13.8. The van der Waals surface area contributed by atoms with E-state index in [1.165, 1.54) is 6.07 Å². The quantitative estimate of drug-likeness (QED) is 0.332. The molecule has 0 aliphatic carbocycles. The first kappa shape index (κ1) is 25.3. The minimum absolute atomic E-state index is 0.219. The second kappa shape index (κ2) is 9.74. The lowest BCUT2D eigenvalue weighted by Gasteiger charge is -2.34. The van der Waals surface area contributed by atoms with Crippen molar-refractivity contribution >= 4 is 28.0 Å². The maximum atomic E-state index is 15.7. The van der Waals surface area contributed by atoms with Gasteiger partial charge in [0.15, 0.2) is 0 Å². The SMILES string of the molecule is Cc1cc(-c2nc3cc(F)cc(F)c3c(N3CC4(CCOCC4)c4ncc(N5CCOCC5)cc43)c2C)ccn1. The topological polar surface area (TPSA) is 63.6 Å². The molecule has 7 rings (SSSR count). The molecule has 4 aromatic rings. The lowest BCUT2D eigenvalue weighted by Crippen LogP contribution is -2.38. The van der Waals surface area contributed by atoms with Crippen molar-refractivity contribution in [3.05, 3.63) is 71.3 Å². The molecule has 7 nitrogen and oxygen atoms in total. The normalized spacial score (nSPS) is 18.5. The third-order valence-corrected chi connectivity index (χ3v) is 8.59. The summed E-state index contributed by atoms with van der Waals surface area (Å²) in [5.41, 5.74) is 6.98. The number of aromatic nitrogens is 3. The molecule has 0 unspecified atom stereocenters. The highest BCUT2D eigenvalue weighted by atomic mass is 19.1.